The third-order valence-electron chi connectivity index (χ3n) is 2.99. The molecule has 16 heavy (non-hydrogen) atoms. The van der Waals surface area contributed by atoms with Gasteiger partial charge in [-0.1, -0.05) is 0 Å². The molecule has 0 aromatic carbocycles. The molecule has 0 bridgehead atoms. The highest BCUT2D eigenvalue weighted by atomic mass is 32.2. The molecule has 5 heteroatoms. The maximum absolute atomic E-state index is 11.6. The molecule has 0 aromatic heterocycles. The van der Waals surface area contributed by atoms with Gasteiger partial charge in [-0.15, -0.1) is 0 Å². The van der Waals surface area contributed by atoms with Crippen LogP contribution < -0.4 is 5.32 Å². The first-order valence-electron chi connectivity index (χ1n) is 5.54. The number of amides is 1. The van der Waals surface area contributed by atoms with E-state index in [1.807, 2.05) is 6.26 Å². The van der Waals surface area contributed by atoms with Gasteiger partial charge in [-0.25, -0.2) is 4.79 Å². The number of carboxylic acid groups (broad SMARTS) is 1. The van der Waals surface area contributed by atoms with Crippen molar-refractivity contribution >= 4 is 23.6 Å². The highest BCUT2D eigenvalue weighted by molar-refractivity contribution is 7.98. The van der Waals surface area contributed by atoms with Crippen LogP contribution in [-0.2, 0) is 9.59 Å². The van der Waals surface area contributed by atoms with E-state index in [-0.39, 0.29) is 11.8 Å². The Labute approximate surface area is 100 Å². The van der Waals surface area contributed by atoms with Gasteiger partial charge in [0.1, 0.15) is 5.54 Å². The second kappa shape index (κ2) is 5.57. The topological polar surface area (TPSA) is 66.4 Å². The molecule has 1 amide bonds. The van der Waals surface area contributed by atoms with Crippen LogP contribution in [0, 0.1) is 5.92 Å². The van der Waals surface area contributed by atoms with Crippen molar-refractivity contribution in [3.05, 3.63) is 0 Å². The second-order valence-electron chi connectivity index (χ2n) is 4.43. The zero-order chi connectivity index (χ0) is 12.2. The smallest absolute Gasteiger partial charge is 0.329 e. The maximum Gasteiger partial charge on any atom is 0.329 e. The van der Waals surface area contributed by atoms with Gasteiger partial charge in [0.15, 0.2) is 0 Å². The van der Waals surface area contributed by atoms with E-state index in [1.165, 1.54) is 0 Å². The van der Waals surface area contributed by atoms with Crippen LogP contribution in [0.4, 0.5) is 0 Å². The Kier molecular flexibility index (Phi) is 4.65. The van der Waals surface area contributed by atoms with Gasteiger partial charge in [-0.05, 0) is 44.1 Å². The summed E-state index contributed by atoms with van der Waals surface area (Å²) in [6.07, 6.45) is 5.00. The van der Waals surface area contributed by atoms with E-state index >= 15 is 0 Å². The van der Waals surface area contributed by atoms with Crippen LogP contribution in [0.2, 0.25) is 0 Å². The van der Waals surface area contributed by atoms with E-state index in [0.29, 0.717) is 6.42 Å². The molecule has 0 saturated heterocycles. The van der Waals surface area contributed by atoms with Gasteiger partial charge in [0.2, 0.25) is 5.91 Å². The first-order chi connectivity index (χ1) is 7.50. The van der Waals surface area contributed by atoms with Crippen molar-refractivity contribution in [1.29, 1.82) is 0 Å². The SMILES string of the molecule is CSCCCC(=O)NC(C)(C(=O)O)C1CC1. The fourth-order valence-corrected chi connectivity index (χ4v) is 2.15. The van der Waals surface area contributed by atoms with Gasteiger partial charge >= 0.3 is 5.97 Å². The number of nitrogens with one attached hydrogen (secondary N) is 1. The lowest BCUT2D eigenvalue weighted by atomic mass is 9.95. The highest BCUT2D eigenvalue weighted by Gasteiger charge is 2.48. The Balaban J connectivity index is 2.43. The van der Waals surface area contributed by atoms with Crippen molar-refractivity contribution in [2.75, 3.05) is 12.0 Å². The Morgan fingerprint density at radius 1 is 1.50 bits per heavy atom. The van der Waals surface area contributed by atoms with E-state index < -0.39 is 11.5 Å². The lowest BCUT2D eigenvalue weighted by Crippen LogP contribution is -2.54. The molecule has 0 heterocycles. The Morgan fingerprint density at radius 3 is 2.56 bits per heavy atom. The summed E-state index contributed by atoms with van der Waals surface area (Å²) >= 11 is 1.69. The minimum absolute atomic E-state index is 0.106. The molecule has 1 rings (SSSR count). The van der Waals surface area contributed by atoms with E-state index in [2.05, 4.69) is 5.32 Å². The number of aliphatic carboxylic acids is 1. The predicted molar refractivity (Wildman–Crippen MR) is 64.5 cm³/mol. The summed E-state index contributed by atoms with van der Waals surface area (Å²) in [5.41, 5.74) is -1.06. The number of rotatable bonds is 7. The lowest BCUT2D eigenvalue weighted by molar-refractivity contribution is -0.147. The number of carbonyl (C=O) groups is 2. The van der Waals surface area contributed by atoms with E-state index in [1.54, 1.807) is 18.7 Å². The first kappa shape index (κ1) is 13.4. The molecule has 2 N–H and O–H groups in total. The molecule has 1 aliphatic rings. The van der Waals surface area contributed by atoms with Crippen molar-refractivity contribution in [1.82, 2.24) is 5.32 Å². The Morgan fingerprint density at radius 2 is 2.12 bits per heavy atom. The molecule has 0 radical (unpaired) electrons. The average Bonchev–Trinajstić information content (AvgIpc) is 3.00. The number of hydrogen-bond donors (Lipinski definition) is 2. The molecule has 0 aromatic rings. The molecule has 0 aliphatic heterocycles. The van der Waals surface area contributed by atoms with Gasteiger partial charge in [-0.3, -0.25) is 4.79 Å². The summed E-state index contributed by atoms with van der Waals surface area (Å²) in [7, 11) is 0. The predicted octanol–water partition coefficient (Wildman–Crippen LogP) is 1.50. The van der Waals surface area contributed by atoms with E-state index in [4.69, 9.17) is 5.11 Å². The monoisotopic (exact) mass is 245 g/mol. The summed E-state index contributed by atoms with van der Waals surface area (Å²) in [6.45, 7) is 1.61. The number of carboxylic acids is 1. The molecular formula is C11H19NO3S. The van der Waals surface area contributed by atoms with Crippen LogP contribution >= 0.6 is 11.8 Å². The lowest BCUT2D eigenvalue weighted by Gasteiger charge is -2.26. The van der Waals surface area contributed by atoms with Crippen LogP contribution in [-0.4, -0.2) is 34.5 Å². The van der Waals surface area contributed by atoms with Gasteiger partial charge in [0.05, 0.1) is 0 Å². The van der Waals surface area contributed by atoms with Crippen molar-refractivity contribution < 1.29 is 14.7 Å². The fraction of sp³-hybridized carbons (Fsp3) is 0.818. The van der Waals surface area contributed by atoms with Crippen molar-refractivity contribution in [2.24, 2.45) is 5.92 Å². The molecule has 1 saturated carbocycles. The van der Waals surface area contributed by atoms with Gasteiger partial charge in [-0.2, -0.15) is 11.8 Å². The zero-order valence-corrected chi connectivity index (χ0v) is 10.6. The largest absolute Gasteiger partial charge is 0.480 e. The van der Waals surface area contributed by atoms with Crippen LogP contribution in [0.1, 0.15) is 32.6 Å². The summed E-state index contributed by atoms with van der Waals surface area (Å²) in [4.78, 5) is 22.7. The number of carbonyl (C=O) groups excluding carboxylic acids is 1. The summed E-state index contributed by atoms with van der Waals surface area (Å²) in [5, 5.41) is 11.8. The quantitative estimate of drug-likeness (QED) is 0.667. The first-order valence-corrected chi connectivity index (χ1v) is 6.93. The number of hydrogen-bond acceptors (Lipinski definition) is 3. The summed E-state index contributed by atoms with van der Waals surface area (Å²) in [5.74, 6) is -0.0331. The van der Waals surface area contributed by atoms with Gasteiger partial charge < -0.3 is 10.4 Å². The van der Waals surface area contributed by atoms with Gasteiger partial charge in [0.25, 0.3) is 0 Å². The van der Waals surface area contributed by atoms with Crippen molar-refractivity contribution in [3.8, 4) is 0 Å². The molecule has 92 valence electrons. The molecule has 1 aliphatic carbocycles. The van der Waals surface area contributed by atoms with Crippen LogP contribution in [0.3, 0.4) is 0 Å². The maximum atomic E-state index is 11.6. The standard InChI is InChI=1S/C11H19NO3S/c1-11(10(14)15,8-5-6-8)12-9(13)4-3-7-16-2/h8H,3-7H2,1-2H3,(H,12,13)(H,14,15). The highest BCUT2D eigenvalue weighted by Crippen LogP contribution is 2.39. The molecular weight excluding hydrogens is 226 g/mol. The number of thioether (sulfide) groups is 1. The Hall–Kier alpha value is -0.710. The van der Waals surface area contributed by atoms with Crippen molar-refractivity contribution in [2.45, 2.75) is 38.1 Å². The van der Waals surface area contributed by atoms with Crippen molar-refractivity contribution in [3.63, 3.8) is 0 Å². The molecule has 4 nitrogen and oxygen atoms in total. The third-order valence-corrected chi connectivity index (χ3v) is 3.69. The van der Waals surface area contributed by atoms with Crippen LogP contribution in [0.15, 0.2) is 0 Å². The zero-order valence-electron chi connectivity index (χ0n) is 9.78. The molecule has 1 fully saturated rings. The normalized spacial score (nSPS) is 18.9. The van der Waals surface area contributed by atoms with E-state index in [9.17, 15) is 9.59 Å². The summed E-state index contributed by atoms with van der Waals surface area (Å²) < 4.78 is 0. The second-order valence-corrected chi connectivity index (χ2v) is 5.41. The molecule has 0 spiro atoms. The molecule has 1 atom stereocenters. The van der Waals surface area contributed by atoms with Gasteiger partial charge in [0, 0.05) is 6.42 Å². The third kappa shape index (κ3) is 3.40. The average molecular weight is 245 g/mol. The fourth-order valence-electron chi connectivity index (χ4n) is 1.72. The van der Waals surface area contributed by atoms with Crippen LogP contribution in [0.25, 0.3) is 0 Å². The Bertz CT molecular complexity index is 278. The molecule has 1 unspecified atom stereocenters. The minimum atomic E-state index is -1.06. The minimum Gasteiger partial charge on any atom is -0.480 e. The summed E-state index contributed by atoms with van der Waals surface area (Å²) in [6, 6.07) is 0. The van der Waals surface area contributed by atoms with Crippen LogP contribution in [0.5, 0.6) is 0 Å². The van der Waals surface area contributed by atoms with E-state index in [0.717, 1.165) is 25.0 Å².